The second-order valence-electron chi connectivity index (χ2n) is 4.58. The molecule has 1 aromatic carbocycles. The van der Waals surface area contributed by atoms with Gasteiger partial charge < -0.3 is 4.90 Å². The Bertz CT molecular complexity index is 671. The Morgan fingerprint density at radius 3 is 2.25 bits per heavy atom. The standard InChI is InChI=1S/C11H17FN2O4S2/c1-9(14(2)3)8-13-20(17,18)11-6-4-5-10(7-11)19(12,15)16/h4-7,9,13H,8H2,1-3H3. The average Bonchev–Trinajstić information content (AvgIpc) is 2.35. The van der Waals surface area contributed by atoms with Gasteiger partial charge in [0.05, 0.1) is 9.79 Å². The summed E-state index contributed by atoms with van der Waals surface area (Å²) in [6, 6.07) is 4.13. The molecule has 0 saturated carbocycles. The molecular formula is C11H17FN2O4S2. The van der Waals surface area contributed by atoms with Gasteiger partial charge in [-0.2, -0.15) is 8.42 Å². The van der Waals surface area contributed by atoms with E-state index >= 15 is 0 Å². The zero-order chi connectivity index (χ0) is 15.6. The average molecular weight is 324 g/mol. The minimum absolute atomic E-state index is 0.0436. The third kappa shape index (κ3) is 4.51. The van der Waals surface area contributed by atoms with Crippen LogP contribution in [0.25, 0.3) is 0 Å². The molecule has 0 fully saturated rings. The van der Waals surface area contributed by atoms with Crippen LogP contribution < -0.4 is 4.72 Å². The quantitative estimate of drug-likeness (QED) is 0.774. The van der Waals surface area contributed by atoms with Crippen LogP contribution in [0.15, 0.2) is 34.1 Å². The number of sulfonamides is 1. The molecule has 0 aromatic heterocycles. The summed E-state index contributed by atoms with van der Waals surface area (Å²) >= 11 is 0. The lowest BCUT2D eigenvalue weighted by Crippen LogP contribution is -2.38. The number of rotatable bonds is 6. The lowest BCUT2D eigenvalue weighted by Gasteiger charge is -2.20. The smallest absolute Gasteiger partial charge is 0.305 e. The Labute approximate surface area is 118 Å². The molecule has 1 N–H and O–H groups in total. The molecule has 1 rings (SSSR count). The summed E-state index contributed by atoms with van der Waals surface area (Å²) in [7, 11) is -5.21. The van der Waals surface area contributed by atoms with Crippen LogP contribution in [0.4, 0.5) is 3.89 Å². The van der Waals surface area contributed by atoms with Gasteiger partial charge in [0.1, 0.15) is 0 Å². The van der Waals surface area contributed by atoms with Crippen molar-refractivity contribution in [3.8, 4) is 0 Å². The van der Waals surface area contributed by atoms with Gasteiger partial charge in [0.15, 0.2) is 0 Å². The van der Waals surface area contributed by atoms with Crippen molar-refractivity contribution in [2.45, 2.75) is 22.8 Å². The highest BCUT2D eigenvalue weighted by Crippen LogP contribution is 2.17. The summed E-state index contributed by atoms with van der Waals surface area (Å²) in [6.07, 6.45) is 0. The summed E-state index contributed by atoms with van der Waals surface area (Å²) in [4.78, 5) is 0.855. The molecule has 0 spiro atoms. The van der Waals surface area contributed by atoms with E-state index in [4.69, 9.17) is 0 Å². The molecule has 1 atom stereocenters. The highest BCUT2D eigenvalue weighted by atomic mass is 32.3. The predicted molar refractivity (Wildman–Crippen MR) is 73.1 cm³/mol. The van der Waals surface area contributed by atoms with Crippen LogP contribution in [-0.2, 0) is 20.2 Å². The Morgan fingerprint density at radius 2 is 1.75 bits per heavy atom. The summed E-state index contributed by atoms with van der Waals surface area (Å²) in [5.41, 5.74) is 0. The summed E-state index contributed by atoms with van der Waals surface area (Å²) in [5, 5.41) is 0. The number of likely N-dealkylation sites (N-methyl/N-ethyl adjacent to an activating group) is 1. The van der Waals surface area contributed by atoms with Gasteiger partial charge in [-0.25, -0.2) is 13.1 Å². The minimum Gasteiger partial charge on any atom is -0.305 e. The third-order valence-electron chi connectivity index (χ3n) is 2.85. The summed E-state index contributed by atoms with van der Waals surface area (Å²) in [5.74, 6) is 0. The van der Waals surface area contributed by atoms with E-state index in [1.54, 1.807) is 14.1 Å². The van der Waals surface area contributed by atoms with Crippen LogP contribution in [-0.4, -0.2) is 48.4 Å². The molecule has 0 amide bonds. The van der Waals surface area contributed by atoms with Gasteiger partial charge in [-0.05, 0) is 39.2 Å². The molecule has 114 valence electrons. The molecule has 0 bridgehead atoms. The van der Waals surface area contributed by atoms with Crippen molar-refractivity contribution >= 4 is 20.2 Å². The largest absolute Gasteiger partial charge is 0.332 e. The fourth-order valence-electron chi connectivity index (χ4n) is 1.29. The third-order valence-corrected chi connectivity index (χ3v) is 5.09. The molecule has 0 aliphatic heterocycles. The van der Waals surface area contributed by atoms with E-state index in [0.29, 0.717) is 0 Å². The maximum absolute atomic E-state index is 12.9. The van der Waals surface area contributed by atoms with E-state index in [9.17, 15) is 20.7 Å². The van der Waals surface area contributed by atoms with Gasteiger partial charge in [0.25, 0.3) is 0 Å². The maximum atomic E-state index is 12.9. The Balaban J connectivity index is 2.99. The lowest BCUT2D eigenvalue weighted by molar-refractivity contribution is 0.314. The van der Waals surface area contributed by atoms with E-state index in [1.807, 2.05) is 11.8 Å². The number of hydrogen-bond acceptors (Lipinski definition) is 5. The first-order valence-electron chi connectivity index (χ1n) is 5.75. The van der Waals surface area contributed by atoms with Gasteiger partial charge in [-0.1, -0.05) is 6.07 Å². The zero-order valence-corrected chi connectivity index (χ0v) is 13.0. The first-order valence-corrected chi connectivity index (χ1v) is 8.61. The van der Waals surface area contributed by atoms with Crippen LogP contribution in [0.1, 0.15) is 6.92 Å². The Kier molecular flexibility index (Phi) is 5.25. The van der Waals surface area contributed by atoms with E-state index < -0.39 is 25.1 Å². The molecule has 20 heavy (non-hydrogen) atoms. The fourth-order valence-corrected chi connectivity index (χ4v) is 3.04. The molecule has 0 aliphatic carbocycles. The second kappa shape index (κ2) is 6.17. The lowest BCUT2D eigenvalue weighted by atomic mass is 10.3. The Morgan fingerprint density at radius 1 is 1.20 bits per heavy atom. The zero-order valence-electron chi connectivity index (χ0n) is 11.4. The SMILES string of the molecule is CC(CNS(=O)(=O)c1cccc(S(=O)(=O)F)c1)N(C)C. The van der Waals surface area contributed by atoms with E-state index in [1.165, 1.54) is 12.1 Å². The van der Waals surface area contributed by atoms with Crippen LogP contribution in [0.5, 0.6) is 0 Å². The first-order chi connectivity index (χ1) is 9.04. The first kappa shape index (κ1) is 17.0. The van der Waals surface area contributed by atoms with Crippen molar-refractivity contribution in [2.75, 3.05) is 20.6 Å². The van der Waals surface area contributed by atoms with E-state index in [2.05, 4.69) is 4.72 Å². The van der Waals surface area contributed by atoms with Crippen molar-refractivity contribution in [3.05, 3.63) is 24.3 Å². The fraction of sp³-hybridized carbons (Fsp3) is 0.455. The predicted octanol–water partition coefficient (Wildman–Crippen LogP) is 0.573. The van der Waals surface area contributed by atoms with Crippen molar-refractivity contribution in [1.82, 2.24) is 9.62 Å². The second-order valence-corrected chi connectivity index (χ2v) is 7.69. The van der Waals surface area contributed by atoms with Gasteiger partial charge >= 0.3 is 10.2 Å². The molecular weight excluding hydrogens is 307 g/mol. The molecule has 1 aromatic rings. The molecule has 0 aliphatic rings. The summed E-state index contributed by atoms with van der Waals surface area (Å²) in [6.45, 7) is 1.98. The van der Waals surface area contributed by atoms with Crippen LogP contribution in [0.2, 0.25) is 0 Å². The number of benzene rings is 1. The number of nitrogens with one attached hydrogen (secondary N) is 1. The molecule has 0 heterocycles. The molecule has 0 radical (unpaired) electrons. The van der Waals surface area contributed by atoms with Crippen molar-refractivity contribution in [3.63, 3.8) is 0 Å². The van der Waals surface area contributed by atoms with Crippen molar-refractivity contribution in [2.24, 2.45) is 0 Å². The van der Waals surface area contributed by atoms with Gasteiger partial charge in [-0.3, -0.25) is 0 Å². The molecule has 6 nitrogen and oxygen atoms in total. The Hall–Kier alpha value is -1.03. The minimum atomic E-state index is -4.93. The number of halogens is 1. The van der Waals surface area contributed by atoms with E-state index in [-0.39, 0.29) is 17.5 Å². The van der Waals surface area contributed by atoms with Crippen molar-refractivity contribution in [1.29, 1.82) is 0 Å². The van der Waals surface area contributed by atoms with E-state index in [0.717, 1.165) is 12.1 Å². The van der Waals surface area contributed by atoms with Gasteiger partial charge in [0.2, 0.25) is 10.0 Å². The summed E-state index contributed by atoms with van der Waals surface area (Å²) < 4.78 is 60.7. The molecule has 0 saturated heterocycles. The number of nitrogens with zero attached hydrogens (tertiary/aromatic N) is 1. The molecule has 1 unspecified atom stereocenters. The van der Waals surface area contributed by atoms with Crippen molar-refractivity contribution < 1.29 is 20.7 Å². The highest BCUT2D eigenvalue weighted by molar-refractivity contribution is 7.89. The van der Waals surface area contributed by atoms with Crippen LogP contribution in [0, 0.1) is 0 Å². The maximum Gasteiger partial charge on any atom is 0.332 e. The highest BCUT2D eigenvalue weighted by Gasteiger charge is 2.19. The van der Waals surface area contributed by atoms with Gasteiger partial charge in [0, 0.05) is 12.6 Å². The topological polar surface area (TPSA) is 83.5 Å². The molecule has 9 heteroatoms. The normalized spacial score (nSPS) is 14.4. The number of hydrogen-bond donors (Lipinski definition) is 1. The van der Waals surface area contributed by atoms with Crippen LogP contribution in [0.3, 0.4) is 0 Å². The van der Waals surface area contributed by atoms with Crippen LogP contribution >= 0.6 is 0 Å². The monoisotopic (exact) mass is 324 g/mol. The van der Waals surface area contributed by atoms with Gasteiger partial charge in [-0.15, -0.1) is 3.89 Å².